The summed E-state index contributed by atoms with van der Waals surface area (Å²) in [6, 6.07) is 6.93. The van der Waals surface area contributed by atoms with Gasteiger partial charge in [-0.15, -0.1) is 0 Å². The normalized spacial score (nSPS) is 11.4. The molecule has 20 heavy (non-hydrogen) atoms. The molecule has 0 radical (unpaired) electrons. The minimum atomic E-state index is -3.66. The maximum Gasteiger partial charge on any atom is 0.263 e. The smallest absolute Gasteiger partial charge is 0.263 e. The fourth-order valence-electron chi connectivity index (χ4n) is 2.17. The van der Waals surface area contributed by atoms with Gasteiger partial charge in [0.2, 0.25) is 0 Å². The summed E-state index contributed by atoms with van der Waals surface area (Å²) in [6.07, 6.45) is 1.54. The van der Waals surface area contributed by atoms with Gasteiger partial charge in [-0.2, -0.15) is 0 Å². The molecule has 0 saturated carbocycles. The third-order valence-electron chi connectivity index (χ3n) is 2.98. The van der Waals surface area contributed by atoms with E-state index in [1.807, 2.05) is 13.0 Å². The monoisotopic (exact) mass is 354 g/mol. The molecule has 1 aromatic carbocycles. The number of pyridine rings is 1. The molecule has 0 atom stereocenters. The Balaban J connectivity index is 2.53. The van der Waals surface area contributed by atoms with Gasteiger partial charge >= 0.3 is 0 Å². The Morgan fingerprint density at radius 2 is 1.85 bits per heavy atom. The number of benzene rings is 1. The molecule has 1 heterocycles. The lowest BCUT2D eigenvalue weighted by atomic mass is 10.1. The molecule has 2 aromatic rings. The van der Waals surface area contributed by atoms with Crippen molar-refractivity contribution in [2.45, 2.75) is 25.7 Å². The Morgan fingerprint density at radius 3 is 2.45 bits per heavy atom. The first-order chi connectivity index (χ1) is 9.33. The number of hydrogen-bond donors (Lipinski definition) is 1. The zero-order valence-corrected chi connectivity index (χ0v) is 13.8. The van der Waals surface area contributed by atoms with E-state index < -0.39 is 10.0 Å². The molecule has 6 heteroatoms. The van der Waals surface area contributed by atoms with E-state index in [4.69, 9.17) is 0 Å². The average Bonchev–Trinajstić information content (AvgIpc) is 2.36. The fraction of sp³-hybridized carbons (Fsp3) is 0.214. The minimum absolute atomic E-state index is 0.292. The lowest BCUT2D eigenvalue weighted by Crippen LogP contribution is -2.17. The summed E-state index contributed by atoms with van der Waals surface area (Å²) in [5.74, 6) is 0.308. The highest BCUT2D eigenvalue weighted by Gasteiger charge is 2.22. The molecule has 0 bridgehead atoms. The van der Waals surface area contributed by atoms with E-state index in [1.54, 1.807) is 38.2 Å². The predicted molar refractivity (Wildman–Crippen MR) is 83.4 cm³/mol. The molecule has 0 spiro atoms. The largest absolute Gasteiger partial charge is 0.263 e. The summed E-state index contributed by atoms with van der Waals surface area (Å²) in [5, 5.41) is 0. The topological polar surface area (TPSA) is 59.1 Å². The van der Waals surface area contributed by atoms with Gasteiger partial charge in [0.1, 0.15) is 5.82 Å². The fourth-order valence-corrected chi connectivity index (χ4v) is 4.10. The summed E-state index contributed by atoms with van der Waals surface area (Å²) in [6.45, 7) is 5.52. The molecule has 0 saturated heterocycles. The number of sulfonamides is 1. The van der Waals surface area contributed by atoms with Crippen LogP contribution in [0.2, 0.25) is 0 Å². The van der Waals surface area contributed by atoms with E-state index in [0.717, 1.165) is 10.0 Å². The van der Waals surface area contributed by atoms with Crippen LogP contribution in [0.4, 0.5) is 5.82 Å². The Morgan fingerprint density at radius 1 is 1.15 bits per heavy atom. The highest BCUT2D eigenvalue weighted by Crippen LogP contribution is 2.30. The van der Waals surface area contributed by atoms with E-state index in [9.17, 15) is 8.42 Å². The van der Waals surface area contributed by atoms with Crippen LogP contribution in [0.15, 0.2) is 39.8 Å². The second kappa shape index (κ2) is 5.54. The van der Waals surface area contributed by atoms with Crippen molar-refractivity contribution in [3.8, 4) is 0 Å². The van der Waals surface area contributed by atoms with Crippen LogP contribution in [-0.4, -0.2) is 13.4 Å². The quantitative estimate of drug-likeness (QED) is 0.916. The second-order valence-electron chi connectivity index (χ2n) is 4.60. The molecule has 106 valence electrons. The Hall–Kier alpha value is -1.40. The number of hydrogen-bond acceptors (Lipinski definition) is 3. The maximum absolute atomic E-state index is 12.5. The van der Waals surface area contributed by atoms with E-state index >= 15 is 0 Å². The Labute approximate surface area is 127 Å². The van der Waals surface area contributed by atoms with E-state index in [1.165, 1.54) is 0 Å². The number of rotatable bonds is 3. The Kier molecular flexibility index (Phi) is 4.15. The Bertz CT molecular complexity index is 744. The molecule has 0 aliphatic heterocycles. The highest BCUT2D eigenvalue weighted by molar-refractivity contribution is 9.10. The van der Waals surface area contributed by atoms with Crippen molar-refractivity contribution >= 4 is 31.8 Å². The minimum Gasteiger partial charge on any atom is -0.263 e. The second-order valence-corrected chi connectivity index (χ2v) is 7.01. The van der Waals surface area contributed by atoms with Gasteiger partial charge in [-0.1, -0.05) is 28.1 Å². The first-order valence-electron chi connectivity index (χ1n) is 6.03. The van der Waals surface area contributed by atoms with Crippen LogP contribution in [-0.2, 0) is 10.0 Å². The van der Waals surface area contributed by atoms with Gasteiger partial charge in [-0.05, 0) is 49.6 Å². The van der Waals surface area contributed by atoms with Gasteiger partial charge in [0, 0.05) is 10.7 Å². The number of nitrogens with zero attached hydrogens (tertiary/aromatic N) is 1. The number of anilines is 1. The summed E-state index contributed by atoms with van der Waals surface area (Å²) in [4.78, 5) is 4.28. The van der Waals surface area contributed by atoms with Crippen molar-refractivity contribution < 1.29 is 8.42 Å². The molecular weight excluding hydrogens is 340 g/mol. The van der Waals surface area contributed by atoms with Crippen molar-refractivity contribution in [2.24, 2.45) is 0 Å². The van der Waals surface area contributed by atoms with E-state index in [-0.39, 0.29) is 0 Å². The van der Waals surface area contributed by atoms with Crippen LogP contribution in [0.1, 0.15) is 16.7 Å². The molecule has 1 aromatic heterocycles. The first kappa shape index (κ1) is 15.0. The molecule has 0 unspecified atom stereocenters. The van der Waals surface area contributed by atoms with Gasteiger partial charge in [-0.25, -0.2) is 13.4 Å². The van der Waals surface area contributed by atoms with Gasteiger partial charge < -0.3 is 0 Å². The van der Waals surface area contributed by atoms with Crippen LogP contribution in [0.3, 0.4) is 0 Å². The first-order valence-corrected chi connectivity index (χ1v) is 8.30. The molecule has 0 aliphatic carbocycles. The lowest BCUT2D eigenvalue weighted by Gasteiger charge is -2.15. The van der Waals surface area contributed by atoms with Crippen LogP contribution >= 0.6 is 15.9 Å². The summed E-state index contributed by atoms with van der Waals surface area (Å²) in [7, 11) is -3.66. The van der Waals surface area contributed by atoms with Gasteiger partial charge in [0.25, 0.3) is 10.0 Å². The molecular formula is C14H15BrN2O2S. The standard InChI is InChI=1S/C14H15BrN2O2S/c1-9-8-10(2)14(11(3)13(9)15)20(18,19)17-12-6-4-5-7-16-12/h4-8H,1-3H3,(H,16,17). The third kappa shape index (κ3) is 2.86. The summed E-state index contributed by atoms with van der Waals surface area (Å²) < 4.78 is 28.4. The maximum atomic E-state index is 12.5. The zero-order chi connectivity index (χ0) is 14.9. The van der Waals surface area contributed by atoms with Crippen LogP contribution < -0.4 is 4.72 Å². The average molecular weight is 355 g/mol. The molecule has 2 rings (SSSR count). The molecule has 4 nitrogen and oxygen atoms in total. The third-order valence-corrected chi connectivity index (χ3v) is 5.84. The van der Waals surface area contributed by atoms with Crippen molar-refractivity contribution in [3.63, 3.8) is 0 Å². The number of nitrogens with one attached hydrogen (secondary N) is 1. The van der Waals surface area contributed by atoms with Gasteiger partial charge in [0.15, 0.2) is 0 Å². The number of halogens is 1. The number of aryl methyl sites for hydroxylation is 2. The summed E-state index contributed by atoms with van der Waals surface area (Å²) >= 11 is 3.43. The van der Waals surface area contributed by atoms with Crippen molar-refractivity contribution in [1.29, 1.82) is 0 Å². The van der Waals surface area contributed by atoms with Gasteiger partial charge in [0.05, 0.1) is 4.90 Å². The molecule has 0 amide bonds. The van der Waals surface area contributed by atoms with Crippen molar-refractivity contribution in [2.75, 3.05) is 4.72 Å². The van der Waals surface area contributed by atoms with Crippen molar-refractivity contribution in [1.82, 2.24) is 4.98 Å². The van der Waals surface area contributed by atoms with E-state index in [0.29, 0.717) is 21.8 Å². The molecule has 0 aliphatic rings. The van der Waals surface area contributed by atoms with Crippen LogP contribution in [0.25, 0.3) is 0 Å². The lowest BCUT2D eigenvalue weighted by molar-refractivity contribution is 0.599. The van der Waals surface area contributed by atoms with E-state index in [2.05, 4.69) is 25.6 Å². The SMILES string of the molecule is Cc1cc(C)c(S(=O)(=O)Nc2ccccn2)c(C)c1Br. The van der Waals surface area contributed by atoms with Gasteiger partial charge in [-0.3, -0.25) is 4.72 Å². The molecule has 0 fully saturated rings. The molecule has 1 N–H and O–H groups in total. The number of aromatic nitrogens is 1. The summed E-state index contributed by atoms with van der Waals surface area (Å²) in [5.41, 5.74) is 2.43. The van der Waals surface area contributed by atoms with Crippen LogP contribution in [0.5, 0.6) is 0 Å². The highest BCUT2D eigenvalue weighted by atomic mass is 79.9. The van der Waals surface area contributed by atoms with Crippen molar-refractivity contribution in [3.05, 3.63) is 51.6 Å². The van der Waals surface area contributed by atoms with Crippen LogP contribution in [0, 0.1) is 20.8 Å². The predicted octanol–water partition coefficient (Wildman–Crippen LogP) is 3.57. The zero-order valence-electron chi connectivity index (χ0n) is 11.4.